The number of amides is 1. The molecule has 0 aromatic heterocycles. The van der Waals surface area contributed by atoms with E-state index in [2.05, 4.69) is 5.32 Å². The van der Waals surface area contributed by atoms with Gasteiger partial charge in [0.05, 0.1) is 0 Å². The molecule has 0 aliphatic carbocycles. The smallest absolute Gasteiger partial charge is 0.407 e. The van der Waals surface area contributed by atoms with Gasteiger partial charge in [-0.15, -0.1) is 0 Å². The average molecular weight is 282 g/mol. The summed E-state index contributed by atoms with van der Waals surface area (Å²) in [6.07, 6.45) is 3.38. The van der Waals surface area contributed by atoms with Gasteiger partial charge in [0.15, 0.2) is 0 Å². The molecule has 4 heteroatoms. The number of aryl methyl sites for hydroxylation is 1. The minimum absolute atomic E-state index is 0.417. The van der Waals surface area contributed by atoms with Crippen LogP contribution in [0.3, 0.4) is 0 Å². The summed E-state index contributed by atoms with van der Waals surface area (Å²) in [5.41, 5.74) is 1.70. The van der Waals surface area contributed by atoms with Gasteiger partial charge in [0.2, 0.25) is 0 Å². The molecule has 0 fully saturated rings. The molecule has 0 atom stereocenters. The van der Waals surface area contributed by atoms with Gasteiger partial charge in [-0.1, -0.05) is 29.8 Å². The van der Waals surface area contributed by atoms with Crippen LogP contribution in [0.15, 0.2) is 24.3 Å². The summed E-state index contributed by atoms with van der Waals surface area (Å²) in [5, 5.41) is 3.36. The Labute approximate surface area is 119 Å². The van der Waals surface area contributed by atoms with Crippen LogP contribution in [-0.4, -0.2) is 18.2 Å². The molecule has 1 aromatic carbocycles. The number of carbonyl (C=O) groups excluding carboxylic acids is 1. The van der Waals surface area contributed by atoms with Crippen LogP contribution in [0, 0.1) is 6.92 Å². The van der Waals surface area contributed by atoms with E-state index in [0.29, 0.717) is 11.6 Å². The van der Waals surface area contributed by atoms with Crippen molar-refractivity contribution in [3.63, 3.8) is 0 Å². The zero-order valence-electron chi connectivity index (χ0n) is 11.8. The number of halogens is 1. The van der Waals surface area contributed by atoms with Crippen LogP contribution in [0.2, 0.25) is 5.02 Å². The summed E-state index contributed by atoms with van der Waals surface area (Å²) in [4.78, 5) is 11.4. The van der Waals surface area contributed by atoms with Crippen molar-refractivity contribution in [3.8, 4) is 0 Å². The Morgan fingerprint density at radius 2 is 2.11 bits per heavy atom. The summed E-state index contributed by atoms with van der Waals surface area (Å²) in [6.45, 7) is 7.92. The minimum Gasteiger partial charge on any atom is -0.444 e. The summed E-state index contributed by atoms with van der Waals surface area (Å²) in [5.74, 6) is 0. The lowest BCUT2D eigenvalue weighted by molar-refractivity contribution is 0.0534. The third kappa shape index (κ3) is 6.30. The predicted molar refractivity (Wildman–Crippen MR) is 79.5 cm³/mol. The maximum atomic E-state index is 11.4. The van der Waals surface area contributed by atoms with Gasteiger partial charge in [-0.3, -0.25) is 0 Å². The van der Waals surface area contributed by atoms with Gasteiger partial charge in [-0.25, -0.2) is 4.79 Å². The van der Waals surface area contributed by atoms with Crippen molar-refractivity contribution in [1.29, 1.82) is 0 Å². The van der Waals surface area contributed by atoms with Crippen LogP contribution < -0.4 is 5.32 Å². The van der Waals surface area contributed by atoms with E-state index in [-0.39, 0.29) is 0 Å². The highest BCUT2D eigenvalue weighted by molar-refractivity contribution is 6.30. The van der Waals surface area contributed by atoms with Gasteiger partial charge >= 0.3 is 6.09 Å². The molecule has 0 aliphatic rings. The molecule has 19 heavy (non-hydrogen) atoms. The molecule has 0 saturated heterocycles. The predicted octanol–water partition coefficient (Wildman–Crippen LogP) is 4.19. The number of nitrogens with one attached hydrogen (secondary N) is 1. The molecular formula is C15H20ClNO2. The van der Waals surface area contributed by atoms with Crippen molar-refractivity contribution in [1.82, 2.24) is 5.32 Å². The zero-order chi connectivity index (χ0) is 14.5. The Hall–Kier alpha value is -1.48. The van der Waals surface area contributed by atoms with Gasteiger partial charge < -0.3 is 10.1 Å². The zero-order valence-corrected chi connectivity index (χ0v) is 12.5. The molecule has 0 aliphatic heterocycles. The van der Waals surface area contributed by atoms with Crippen molar-refractivity contribution in [2.45, 2.75) is 33.3 Å². The van der Waals surface area contributed by atoms with Crippen molar-refractivity contribution in [2.24, 2.45) is 0 Å². The lowest BCUT2D eigenvalue weighted by Gasteiger charge is -2.19. The first-order valence-electron chi connectivity index (χ1n) is 6.17. The van der Waals surface area contributed by atoms with Crippen molar-refractivity contribution < 1.29 is 9.53 Å². The molecular weight excluding hydrogens is 262 g/mol. The molecule has 1 amide bonds. The lowest BCUT2D eigenvalue weighted by atomic mass is 10.1. The highest BCUT2D eigenvalue weighted by Crippen LogP contribution is 2.16. The Bertz CT molecular complexity index is 476. The van der Waals surface area contributed by atoms with Crippen LogP contribution >= 0.6 is 11.6 Å². The number of alkyl carbamates (subject to hydrolysis) is 1. The second-order valence-corrected chi connectivity index (χ2v) is 5.72. The van der Waals surface area contributed by atoms with E-state index in [0.717, 1.165) is 11.1 Å². The van der Waals surface area contributed by atoms with Crippen molar-refractivity contribution >= 4 is 23.8 Å². The lowest BCUT2D eigenvalue weighted by Crippen LogP contribution is -2.32. The third-order valence-electron chi connectivity index (χ3n) is 2.30. The second kappa shape index (κ2) is 6.62. The van der Waals surface area contributed by atoms with Gasteiger partial charge in [-0.05, 0) is 51.0 Å². The van der Waals surface area contributed by atoms with Gasteiger partial charge in [0.25, 0.3) is 0 Å². The maximum Gasteiger partial charge on any atom is 0.407 e. The molecule has 1 N–H and O–H groups in total. The molecule has 1 rings (SSSR count). The van der Waals surface area contributed by atoms with Crippen molar-refractivity contribution in [3.05, 3.63) is 40.4 Å². The van der Waals surface area contributed by atoms with Crippen LogP contribution in [0.1, 0.15) is 31.9 Å². The quantitative estimate of drug-likeness (QED) is 0.902. The Balaban J connectivity index is 2.47. The highest BCUT2D eigenvalue weighted by atomic mass is 35.5. The molecule has 0 spiro atoms. The normalized spacial score (nSPS) is 11.6. The van der Waals surface area contributed by atoms with E-state index in [1.165, 1.54) is 0 Å². The molecule has 0 bridgehead atoms. The molecule has 0 heterocycles. The standard InChI is InChI=1S/C15H20ClNO2/c1-11-7-8-13(16)10-12(11)6-5-9-17-14(18)19-15(2,3)4/h5-8,10H,9H2,1-4H3,(H,17,18). The van der Waals surface area contributed by atoms with Crippen LogP contribution in [0.25, 0.3) is 6.08 Å². The van der Waals surface area contributed by atoms with E-state index in [9.17, 15) is 4.79 Å². The van der Waals surface area contributed by atoms with E-state index in [1.807, 2.05) is 58.0 Å². The first kappa shape index (κ1) is 15.6. The fourth-order valence-electron chi connectivity index (χ4n) is 1.43. The van der Waals surface area contributed by atoms with Crippen LogP contribution in [0.4, 0.5) is 4.79 Å². The number of hydrogen-bond acceptors (Lipinski definition) is 2. The highest BCUT2D eigenvalue weighted by Gasteiger charge is 2.14. The maximum absolute atomic E-state index is 11.4. The monoisotopic (exact) mass is 281 g/mol. The fraction of sp³-hybridized carbons (Fsp3) is 0.400. The molecule has 0 saturated carbocycles. The largest absolute Gasteiger partial charge is 0.444 e. The van der Waals surface area contributed by atoms with E-state index in [1.54, 1.807) is 0 Å². The van der Waals surface area contributed by atoms with Crippen LogP contribution in [0.5, 0.6) is 0 Å². The van der Waals surface area contributed by atoms with Gasteiger partial charge in [0, 0.05) is 11.6 Å². The number of benzene rings is 1. The van der Waals surface area contributed by atoms with Gasteiger partial charge in [0.1, 0.15) is 5.60 Å². The first-order valence-corrected chi connectivity index (χ1v) is 6.55. The third-order valence-corrected chi connectivity index (χ3v) is 2.54. The summed E-state index contributed by atoms with van der Waals surface area (Å²) >= 11 is 5.93. The average Bonchev–Trinajstić information content (AvgIpc) is 2.26. The molecule has 104 valence electrons. The summed E-state index contributed by atoms with van der Waals surface area (Å²) < 4.78 is 5.13. The van der Waals surface area contributed by atoms with E-state index in [4.69, 9.17) is 16.3 Å². The number of hydrogen-bond donors (Lipinski definition) is 1. The topological polar surface area (TPSA) is 38.3 Å². The first-order chi connectivity index (χ1) is 8.78. The minimum atomic E-state index is -0.475. The van der Waals surface area contributed by atoms with E-state index < -0.39 is 11.7 Å². The number of carbonyl (C=O) groups is 1. The SMILES string of the molecule is Cc1ccc(Cl)cc1C=CCNC(=O)OC(C)(C)C. The molecule has 0 radical (unpaired) electrons. The van der Waals surface area contributed by atoms with E-state index >= 15 is 0 Å². The summed E-state index contributed by atoms with van der Waals surface area (Å²) in [7, 11) is 0. The van der Waals surface area contributed by atoms with Crippen molar-refractivity contribution in [2.75, 3.05) is 6.54 Å². The molecule has 3 nitrogen and oxygen atoms in total. The Kier molecular flexibility index (Phi) is 5.43. The fourth-order valence-corrected chi connectivity index (χ4v) is 1.61. The van der Waals surface area contributed by atoms with Crippen LogP contribution in [-0.2, 0) is 4.74 Å². The second-order valence-electron chi connectivity index (χ2n) is 5.29. The Morgan fingerprint density at radius 3 is 2.74 bits per heavy atom. The van der Waals surface area contributed by atoms with Gasteiger partial charge in [-0.2, -0.15) is 0 Å². The molecule has 1 aromatic rings. The number of rotatable bonds is 3. The number of ether oxygens (including phenoxy) is 1. The Morgan fingerprint density at radius 1 is 1.42 bits per heavy atom. The summed E-state index contributed by atoms with van der Waals surface area (Å²) in [6, 6.07) is 5.71. The molecule has 0 unspecified atom stereocenters.